The molecule has 0 aliphatic carbocycles. The van der Waals surface area contributed by atoms with E-state index in [-0.39, 0.29) is 5.91 Å². The number of rotatable bonds is 7. The first-order valence-electron chi connectivity index (χ1n) is 9.80. The first kappa shape index (κ1) is 19.9. The van der Waals surface area contributed by atoms with E-state index < -0.39 is 0 Å². The molecule has 6 heteroatoms. The van der Waals surface area contributed by atoms with Crippen molar-refractivity contribution in [2.24, 2.45) is 0 Å². The summed E-state index contributed by atoms with van der Waals surface area (Å²) in [6, 6.07) is 21.8. The quantitative estimate of drug-likeness (QED) is 0.434. The lowest BCUT2D eigenvalue weighted by atomic mass is 10.1. The van der Waals surface area contributed by atoms with Crippen LogP contribution in [0.3, 0.4) is 0 Å². The first-order chi connectivity index (χ1) is 14.7. The van der Waals surface area contributed by atoms with Gasteiger partial charge in [-0.15, -0.1) is 11.8 Å². The number of para-hydroxylation sites is 1. The van der Waals surface area contributed by atoms with Gasteiger partial charge in [0.05, 0.1) is 11.4 Å². The number of carbonyl (C=O) groups is 1. The van der Waals surface area contributed by atoms with Crippen LogP contribution in [0.1, 0.15) is 22.8 Å². The van der Waals surface area contributed by atoms with Gasteiger partial charge in [-0.25, -0.2) is 4.68 Å². The maximum absolute atomic E-state index is 12.5. The number of thioether (sulfide) groups is 1. The van der Waals surface area contributed by atoms with Gasteiger partial charge in [0.2, 0.25) is 0 Å². The second-order valence-corrected chi connectivity index (χ2v) is 8.00. The number of nitrogens with one attached hydrogen (secondary N) is 1. The molecule has 2 heterocycles. The van der Waals surface area contributed by atoms with Crippen LogP contribution in [-0.2, 0) is 6.54 Å². The molecule has 0 saturated heterocycles. The van der Waals surface area contributed by atoms with E-state index in [2.05, 4.69) is 41.5 Å². The minimum absolute atomic E-state index is 0.134. The van der Waals surface area contributed by atoms with Crippen molar-refractivity contribution in [1.82, 2.24) is 20.1 Å². The van der Waals surface area contributed by atoms with Gasteiger partial charge in [0, 0.05) is 46.7 Å². The number of carbonyl (C=O) groups excluding carboxylic acids is 1. The predicted octanol–water partition coefficient (Wildman–Crippen LogP) is 4.98. The first-order valence-corrected chi connectivity index (χ1v) is 10.8. The molecule has 0 fully saturated rings. The standard InChI is InChI=1S/C24H22N4OS/c1-2-30-22-10-8-18(9-11-22)23-20(16-26-24(29)19-12-14-25-15-13-19)17-28(27-23)21-6-4-3-5-7-21/h3-15,17H,2,16H2,1H3,(H,26,29). The van der Waals surface area contributed by atoms with Crippen LogP contribution >= 0.6 is 11.8 Å². The summed E-state index contributed by atoms with van der Waals surface area (Å²) in [5, 5.41) is 7.82. The number of benzene rings is 2. The summed E-state index contributed by atoms with van der Waals surface area (Å²) in [7, 11) is 0. The van der Waals surface area contributed by atoms with Gasteiger partial charge in [-0.05, 0) is 42.2 Å². The summed E-state index contributed by atoms with van der Waals surface area (Å²) in [6.45, 7) is 2.53. The van der Waals surface area contributed by atoms with E-state index in [1.54, 1.807) is 24.5 Å². The molecular weight excluding hydrogens is 392 g/mol. The maximum atomic E-state index is 12.5. The lowest BCUT2D eigenvalue weighted by Crippen LogP contribution is -2.22. The van der Waals surface area contributed by atoms with Crippen LogP contribution in [0, 0.1) is 0 Å². The molecule has 1 N–H and O–H groups in total. The molecule has 2 aromatic carbocycles. The van der Waals surface area contributed by atoms with Crippen molar-refractivity contribution in [2.75, 3.05) is 5.75 Å². The molecule has 0 spiro atoms. The summed E-state index contributed by atoms with van der Waals surface area (Å²) in [5.74, 6) is 0.902. The fraction of sp³-hybridized carbons (Fsp3) is 0.125. The Hall–Kier alpha value is -3.38. The third-order valence-corrected chi connectivity index (χ3v) is 5.53. The van der Waals surface area contributed by atoms with Crippen LogP contribution in [0.25, 0.3) is 16.9 Å². The van der Waals surface area contributed by atoms with Gasteiger partial charge in [-0.3, -0.25) is 9.78 Å². The van der Waals surface area contributed by atoms with Crippen LogP contribution in [0.4, 0.5) is 0 Å². The van der Waals surface area contributed by atoms with E-state index in [0.717, 1.165) is 28.3 Å². The second-order valence-electron chi connectivity index (χ2n) is 6.66. The fourth-order valence-electron chi connectivity index (χ4n) is 3.15. The highest BCUT2D eigenvalue weighted by Crippen LogP contribution is 2.27. The highest BCUT2D eigenvalue weighted by Gasteiger charge is 2.14. The molecular formula is C24H22N4OS. The molecule has 4 aromatic rings. The summed E-state index contributed by atoms with van der Waals surface area (Å²) in [6.07, 6.45) is 5.21. The molecule has 4 rings (SSSR count). The van der Waals surface area contributed by atoms with Gasteiger partial charge in [-0.2, -0.15) is 5.10 Å². The Labute approximate surface area is 180 Å². The average Bonchev–Trinajstić information content (AvgIpc) is 3.24. The maximum Gasteiger partial charge on any atom is 0.251 e. The number of hydrogen-bond donors (Lipinski definition) is 1. The van der Waals surface area contributed by atoms with Gasteiger partial charge in [0.1, 0.15) is 0 Å². The second kappa shape index (κ2) is 9.41. The molecule has 30 heavy (non-hydrogen) atoms. The molecule has 5 nitrogen and oxygen atoms in total. The van der Waals surface area contributed by atoms with Crippen LogP contribution < -0.4 is 5.32 Å². The Balaban J connectivity index is 1.63. The van der Waals surface area contributed by atoms with Crippen LogP contribution in [0.2, 0.25) is 0 Å². The zero-order valence-corrected chi connectivity index (χ0v) is 17.5. The topological polar surface area (TPSA) is 59.8 Å². The monoisotopic (exact) mass is 414 g/mol. The highest BCUT2D eigenvalue weighted by molar-refractivity contribution is 7.99. The molecule has 0 radical (unpaired) electrons. The van der Waals surface area contributed by atoms with E-state index in [4.69, 9.17) is 5.10 Å². The Morgan fingerprint density at radius 2 is 1.73 bits per heavy atom. The van der Waals surface area contributed by atoms with E-state index in [1.165, 1.54) is 4.90 Å². The number of hydrogen-bond acceptors (Lipinski definition) is 4. The van der Waals surface area contributed by atoms with Crippen molar-refractivity contribution >= 4 is 17.7 Å². The number of nitrogens with zero attached hydrogens (tertiary/aromatic N) is 3. The lowest BCUT2D eigenvalue weighted by molar-refractivity contribution is 0.0951. The van der Waals surface area contributed by atoms with Gasteiger partial charge in [-0.1, -0.05) is 37.3 Å². The van der Waals surface area contributed by atoms with Crippen molar-refractivity contribution in [3.63, 3.8) is 0 Å². The molecule has 0 bridgehead atoms. The molecule has 150 valence electrons. The number of pyridine rings is 1. The van der Waals surface area contributed by atoms with Crippen molar-refractivity contribution in [3.05, 3.63) is 96.4 Å². The molecule has 0 unspecified atom stereocenters. The summed E-state index contributed by atoms with van der Waals surface area (Å²) in [4.78, 5) is 17.7. The Morgan fingerprint density at radius 1 is 1.00 bits per heavy atom. The molecule has 2 aromatic heterocycles. The highest BCUT2D eigenvalue weighted by atomic mass is 32.2. The zero-order valence-electron chi connectivity index (χ0n) is 16.7. The molecule has 0 aliphatic heterocycles. The summed E-state index contributed by atoms with van der Waals surface area (Å²) < 4.78 is 1.86. The van der Waals surface area contributed by atoms with Crippen LogP contribution in [0.5, 0.6) is 0 Å². The van der Waals surface area contributed by atoms with E-state index in [0.29, 0.717) is 12.1 Å². The average molecular weight is 415 g/mol. The third kappa shape index (κ3) is 4.60. The summed E-state index contributed by atoms with van der Waals surface area (Å²) >= 11 is 1.81. The van der Waals surface area contributed by atoms with Gasteiger partial charge in [0.15, 0.2) is 0 Å². The summed E-state index contributed by atoms with van der Waals surface area (Å²) in [5.41, 5.74) is 4.41. The van der Waals surface area contributed by atoms with Crippen molar-refractivity contribution in [3.8, 4) is 16.9 Å². The fourth-order valence-corrected chi connectivity index (χ4v) is 3.81. The van der Waals surface area contributed by atoms with Gasteiger partial charge in [0.25, 0.3) is 5.91 Å². The molecule has 0 atom stereocenters. The smallest absolute Gasteiger partial charge is 0.251 e. The van der Waals surface area contributed by atoms with Crippen molar-refractivity contribution in [2.45, 2.75) is 18.4 Å². The molecule has 0 saturated carbocycles. The van der Waals surface area contributed by atoms with E-state index in [1.807, 2.05) is 53.0 Å². The number of amides is 1. The zero-order chi connectivity index (χ0) is 20.8. The minimum Gasteiger partial charge on any atom is -0.348 e. The normalized spacial score (nSPS) is 10.7. The largest absolute Gasteiger partial charge is 0.348 e. The van der Waals surface area contributed by atoms with Crippen molar-refractivity contribution < 1.29 is 4.79 Å². The van der Waals surface area contributed by atoms with Gasteiger partial charge >= 0.3 is 0 Å². The predicted molar refractivity (Wildman–Crippen MR) is 121 cm³/mol. The van der Waals surface area contributed by atoms with Crippen LogP contribution in [-0.4, -0.2) is 26.4 Å². The minimum atomic E-state index is -0.134. The SMILES string of the molecule is CCSc1ccc(-c2nn(-c3ccccc3)cc2CNC(=O)c2ccncc2)cc1. The Morgan fingerprint density at radius 3 is 2.43 bits per heavy atom. The van der Waals surface area contributed by atoms with E-state index >= 15 is 0 Å². The Kier molecular flexibility index (Phi) is 6.25. The molecule has 1 amide bonds. The van der Waals surface area contributed by atoms with Crippen LogP contribution in [0.15, 0.2) is 90.2 Å². The van der Waals surface area contributed by atoms with Gasteiger partial charge < -0.3 is 5.32 Å². The third-order valence-electron chi connectivity index (χ3n) is 4.63. The molecule has 0 aliphatic rings. The Bertz CT molecular complexity index is 1110. The number of aromatic nitrogens is 3. The van der Waals surface area contributed by atoms with E-state index in [9.17, 15) is 4.79 Å². The lowest BCUT2D eigenvalue weighted by Gasteiger charge is -2.06. The van der Waals surface area contributed by atoms with Crippen molar-refractivity contribution in [1.29, 1.82) is 0 Å².